The van der Waals surface area contributed by atoms with Crippen molar-refractivity contribution in [2.75, 3.05) is 13.2 Å². The van der Waals surface area contributed by atoms with Crippen molar-refractivity contribution in [2.45, 2.75) is 77.0 Å². The van der Waals surface area contributed by atoms with Crippen LogP contribution < -0.4 is 0 Å². The van der Waals surface area contributed by atoms with Gasteiger partial charge in [-0.05, 0) is 64.5 Å². The third-order valence-corrected chi connectivity index (χ3v) is 8.51. The molecule has 2 aromatic carbocycles. The van der Waals surface area contributed by atoms with E-state index in [-0.39, 0.29) is 11.5 Å². The quantitative estimate of drug-likeness (QED) is 0.216. The molecular weight excluding hydrogens is 415 g/mol. The lowest BCUT2D eigenvalue weighted by molar-refractivity contribution is 0.0933. The summed E-state index contributed by atoms with van der Waals surface area (Å²) >= 11 is 0. The van der Waals surface area contributed by atoms with Crippen LogP contribution in [0.4, 0.5) is 0 Å². The molecule has 2 aromatic rings. The molecule has 0 spiro atoms. The van der Waals surface area contributed by atoms with Gasteiger partial charge in [0.25, 0.3) is 8.53 Å². The third kappa shape index (κ3) is 5.97. The van der Waals surface area contributed by atoms with Crippen LogP contribution in [0.5, 0.6) is 0 Å². The van der Waals surface area contributed by atoms with E-state index < -0.39 is 8.53 Å². The van der Waals surface area contributed by atoms with Crippen molar-refractivity contribution in [2.24, 2.45) is 0 Å². The van der Waals surface area contributed by atoms with Gasteiger partial charge < -0.3 is 13.9 Å². The maximum absolute atomic E-state index is 7.08. The van der Waals surface area contributed by atoms with Crippen LogP contribution in [0.15, 0.2) is 60.7 Å². The first-order chi connectivity index (χ1) is 15.5. The van der Waals surface area contributed by atoms with E-state index in [1.807, 2.05) is 0 Å². The number of nitrogens with zero attached hydrogens (tertiary/aromatic N) is 2. The lowest BCUT2D eigenvalue weighted by atomic mass is 9.65. The van der Waals surface area contributed by atoms with Crippen LogP contribution in [0.25, 0.3) is 4.85 Å². The standard InChI is InChI=1S/C27H37N2O2P/c1-22(2)29(23(3)4)32(30-21-20-28-5)31-26-16-18-27(19-17-26,24-12-8-6-9-13-24)25-14-10-7-11-15-25/h6-15,22-23,26H,16-21H2,1-4H3. The smallest absolute Gasteiger partial charge is 0.259 e. The fourth-order valence-corrected chi connectivity index (χ4v) is 6.63. The Labute approximate surface area is 195 Å². The first-order valence-corrected chi connectivity index (χ1v) is 12.9. The predicted molar refractivity (Wildman–Crippen MR) is 133 cm³/mol. The molecule has 0 heterocycles. The molecule has 1 unspecified atom stereocenters. The second-order valence-electron chi connectivity index (χ2n) is 9.14. The van der Waals surface area contributed by atoms with Crippen LogP contribution in [0.2, 0.25) is 0 Å². The zero-order chi connectivity index (χ0) is 23.0. The van der Waals surface area contributed by atoms with Gasteiger partial charge in [-0.1, -0.05) is 60.7 Å². The molecule has 0 N–H and O–H groups in total. The van der Waals surface area contributed by atoms with Gasteiger partial charge >= 0.3 is 0 Å². The summed E-state index contributed by atoms with van der Waals surface area (Å²) in [4.78, 5) is 3.45. The van der Waals surface area contributed by atoms with Gasteiger partial charge in [0.15, 0.2) is 0 Å². The summed E-state index contributed by atoms with van der Waals surface area (Å²) in [6, 6.07) is 22.5. The minimum atomic E-state index is -1.19. The Hall–Kier alpha value is -1.76. The minimum absolute atomic E-state index is 0.0336. The average molecular weight is 453 g/mol. The van der Waals surface area contributed by atoms with Gasteiger partial charge in [-0.3, -0.25) is 0 Å². The van der Waals surface area contributed by atoms with Gasteiger partial charge in [-0.15, -0.1) is 0 Å². The molecular formula is C27H37N2O2P. The van der Waals surface area contributed by atoms with E-state index in [4.69, 9.17) is 15.6 Å². The van der Waals surface area contributed by atoms with Crippen molar-refractivity contribution < 1.29 is 9.05 Å². The van der Waals surface area contributed by atoms with Crippen molar-refractivity contribution in [1.82, 2.24) is 4.67 Å². The van der Waals surface area contributed by atoms with Crippen molar-refractivity contribution in [3.63, 3.8) is 0 Å². The zero-order valence-electron chi connectivity index (χ0n) is 19.9. The Morgan fingerprint density at radius 1 is 0.938 bits per heavy atom. The van der Waals surface area contributed by atoms with Crippen molar-refractivity contribution in [3.8, 4) is 0 Å². The summed E-state index contributed by atoms with van der Waals surface area (Å²) in [6.07, 6.45) is 4.28. The minimum Gasteiger partial charge on any atom is -0.319 e. The Morgan fingerprint density at radius 2 is 1.44 bits per heavy atom. The van der Waals surface area contributed by atoms with E-state index in [1.165, 1.54) is 11.1 Å². The topological polar surface area (TPSA) is 26.1 Å². The van der Waals surface area contributed by atoms with E-state index in [9.17, 15) is 0 Å². The fraction of sp³-hybridized carbons (Fsp3) is 0.519. The van der Waals surface area contributed by atoms with Crippen LogP contribution in [-0.2, 0) is 14.5 Å². The van der Waals surface area contributed by atoms with E-state index in [0.29, 0.717) is 25.2 Å². The van der Waals surface area contributed by atoms with E-state index in [0.717, 1.165) is 25.7 Å². The van der Waals surface area contributed by atoms with Gasteiger partial charge in [-0.2, -0.15) is 0 Å². The summed E-state index contributed by atoms with van der Waals surface area (Å²) in [7, 11) is -1.19. The fourth-order valence-electron chi connectivity index (χ4n) is 4.86. The van der Waals surface area contributed by atoms with Crippen LogP contribution in [0.1, 0.15) is 64.5 Å². The van der Waals surface area contributed by atoms with Crippen molar-refractivity contribution >= 4 is 8.53 Å². The Kier molecular flexibility index (Phi) is 9.26. The van der Waals surface area contributed by atoms with E-state index in [2.05, 4.69) is 97.9 Å². The van der Waals surface area contributed by atoms with Crippen molar-refractivity contribution in [3.05, 3.63) is 83.2 Å². The van der Waals surface area contributed by atoms with Crippen molar-refractivity contribution in [1.29, 1.82) is 0 Å². The molecule has 32 heavy (non-hydrogen) atoms. The molecule has 1 fully saturated rings. The first kappa shape index (κ1) is 24.9. The number of hydrogen-bond donors (Lipinski definition) is 0. The molecule has 1 aliphatic rings. The van der Waals surface area contributed by atoms with Gasteiger partial charge in [0.1, 0.15) is 6.61 Å². The molecule has 1 aliphatic carbocycles. The molecule has 1 saturated carbocycles. The first-order valence-electron chi connectivity index (χ1n) is 11.8. The monoisotopic (exact) mass is 452 g/mol. The summed E-state index contributed by atoms with van der Waals surface area (Å²) in [5, 5.41) is 0. The van der Waals surface area contributed by atoms with E-state index in [1.54, 1.807) is 0 Å². The van der Waals surface area contributed by atoms with Crippen LogP contribution in [0, 0.1) is 6.57 Å². The molecule has 3 rings (SSSR count). The van der Waals surface area contributed by atoms with Gasteiger partial charge in [-0.25, -0.2) is 11.2 Å². The second kappa shape index (κ2) is 11.9. The molecule has 0 bridgehead atoms. The number of benzene rings is 2. The molecule has 172 valence electrons. The Morgan fingerprint density at radius 3 is 1.88 bits per heavy atom. The summed E-state index contributed by atoms with van der Waals surface area (Å²) in [5.74, 6) is 0. The molecule has 5 heteroatoms. The number of hydrogen-bond acceptors (Lipinski definition) is 3. The highest BCUT2D eigenvalue weighted by molar-refractivity contribution is 7.44. The maximum atomic E-state index is 7.08. The maximum Gasteiger partial charge on any atom is 0.259 e. The van der Waals surface area contributed by atoms with Gasteiger partial charge in [0, 0.05) is 17.5 Å². The normalized spacial score (nSPS) is 17.6. The van der Waals surface area contributed by atoms with Crippen LogP contribution in [0.3, 0.4) is 0 Å². The van der Waals surface area contributed by atoms with Crippen LogP contribution >= 0.6 is 8.53 Å². The third-order valence-electron chi connectivity index (χ3n) is 6.33. The molecule has 1 atom stereocenters. The highest BCUT2D eigenvalue weighted by atomic mass is 31.2. The Bertz CT molecular complexity index is 793. The molecule has 0 aromatic heterocycles. The van der Waals surface area contributed by atoms with Crippen LogP contribution in [-0.4, -0.2) is 36.0 Å². The SMILES string of the molecule is [C-]#[N+]CCOP(OC1CCC(c2ccccc2)(c2ccccc2)CC1)N(C(C)C)C(C)C. The predicted octanol–water partition coefficient (Wildman–Crippen LogP) is 7.21. The zero-order valence-corrected chi connectivity index (χ0v) is 20.8. The molecule has 4 nitrogen and oxygen atoms in total. The Balaban J connectivity index is 1.77. The lowest BCUT2D eigenvalue weighted by Crippen LogP contribution is -2.38. The molecule has 0 saturated heterocycles. The number of rotatable bonds is 10. The highest BCUT2D eigenvalue weighted by Gasteiger charge is 2.40. The average Bonchev–Trinajstić information content (AvgIpc) is 2.80. The van der Waals surface area contributed by atoms with Gasteiger partial charge in [0.05, 0.1) is 6.10 Å². The highest BCUT2D eigenvalue weighted by Crippen LogP contribution is 2.51. The van der Waals surface area contributed by atoms with E-state index >= 15 is 0 Å². The summed E-state index contributed by atoms with van der Waals surface area (Å²) in [6.45, 7) is 16.6. The molecule has 0 radical (unpaired) electrons. The molecule has 0 amide bonds. The summed E-state index contributed by atoms with van der Waals surface area (Å²) < 4.78 is 15.1. The second-order valence-corrected chi connectivity index (χ2v) is 10.5. The summed E-state index contributed by atoms with van der Waals surface area (Å²) in [5.41, 5.74) is 2.82. The lowest BCUT2D eigenvalue weighted by Gasteiger charge is -2.43. The van der Waals surface area contributed by atoms with Gasteiger partial charge in [0.2, 0.25) is 6.54 Å². The molecule has 0 aliphatic heterocycles. The largest absolute Gasteiger partial charge is 0.319 e.